The summed E-state index contributed by atoms with van der Waals surface area (Å²) in [6.07, 6.45) is 1.59. The largest absolute Gasteiger partial charge is 0.489 e. The molecular formula is C14H13ClN2O. The third kappa shape index (κ3) is 3.50. The van der Waals surface area contributed by atoms with Crippen molar-refractivity contribution in [3.05, 3.63) is 64.7 Å². The van der Waals surface area contributed by atoms with E-state index in [4.69, 9.17) is 22.2 Å². The zero-order valence-electron chi connectivity index (χ0n) is 9.71. The molecule has 2 aromatic carbocycles. The van der Waals surface area contributed by atoms with Crippen LogP contribution in [0.5, 0.6) is 5.75 Å². The van der Waals surface area contributed by atoms with E-state index in [9.17, 15) is 0 Å². The van der Waals surface area contributed by atoms with Crippen LogP contribution >= 0.6 is 11.6 Å². The van der Waals surface area contributed by atoms with Gasteiger partial charge in [-0.25, -0.2) is 0 Å². The van der Waals surface area contributed by atoms with Crippen molar-refractivity contribution in [2.24, 2.45) is 10.9 Å². The van der Waals surface area contributed by atoms with Gasteiger partial charge in [0.2, 0.25) is 0 Å². The Morgan fingerprint density at radius 2 is 1.72 bits per heavy atom. The number of nitrogens with zero attached hydrogens (tertiary/aromatic N) is 1. The summed E-state index contributed by atoms with van der Waals surface area (Å²) in [6, 6.07) is 15.1. The van der Waals surface area contributed by atoms with Crippen LogP contribution in [0.2, 0.25) is 5.02 Å². The molecule has 0 bridgehead atoms. The van der Waals surface area contributed by atoms with Gasteiger partial charge in [0.15, 0.2) is 0 Å². The maximum Gasteiger partial charge on any atom is 0.119 e. The molecule has 0 unspecified atom stereocenters. The lowest BCUT2D eigenvalue weighted by Crippen LogP contribution is -1.95. The summed E-state index contributed by atoms with van der Waals surface area (Å²) in [7, 11) is 0. The molecule has 0 aliphatic carbocycles. The number of ether oxygens (including phenoxy) is 1. The molecule has 0 atom stereocenters. The SMILES string of the molecule is N/N=C\c1ccc(OCc2ccc(Cl)cc2)cc1. The molecule has 0 saturated heterocycles. The molecule has 0 heterocycles. The predicted molar refractivity (Wildman–Crippen MR) is 74.0 cm³/mol. The lowest BCUT2D eigenvalue weighted by Gasteiger charge is -2.06. The molecule has 4 heteroatoms. The smallest absolute Gasteiger partial charge is 0.119 e. The minimum Gasteiger partial charge on any atom is -0.489 e. The molecule has 0 aliphatic heterocycles. The first-order valence-electron chi connectivity index (χ1n) is 5.48. The second-order valence-corrected chi connectivity index (χ2v) is 4.20. The van der Waals surface area contributed by atoms with Crippen LogP contribution in [0, 0.1) is 0 Å². The van der Waals surface area contributed by atoms with Gasteiger partial charge in [0, 0.05) is 5.02 Å². The van der Waals surface area contributed by atoms with Crippen LogP contribution in [0.1, 0.15) is 11.1 Å². The monoisotopic (exact) mass is 260 g/mol. The second-order valence-electron chi connectivity index (χ2n) is 3.76. The van der Waals surface area contributed by atoms with Crippen LogP contribution in [-0.2, 0) is 6.61 Å². The number of hydrogen-bond donors (Lipinski definition) is 1. The Morgan fingerprint density at radius 3 is 2.33 bits per heavy atom. The first-order chi connectivity index (χ1) is 8.78. The number of nitrogens with two attached hydrogens (primary N) is 1. The average molecular weight is 261 g/mol. The highest BCUT2D eigenvalue weighted by Gasteiger charge is 1.96. The maximum atomic E-state index is 5.81. The number of rotatable bonds is 4. The predicted octanol–water partition coefficient (Wildman–Crippen LogP) is 3.21. The Morgan fingerprint density at radius 1 is 1.06 bits per heavy atom. The molecule has 0 spiro atoms. The van der Waals surface area contributed by atoms with Gasteiger partial charge in [-0.2, -0.15) is 5.10 Å². The fourth-order valence-electron chi connectivity index (χ4n) is 1.48. The van der Waals surface area contributed by atoms with Crippen LogP contribution in [0.15, 0.2) is 53.6 Å². The molecule has 2 aromatic rings. The number of benzene rings is 2. The Labute approximate surface area is 111 Å². The summed E-state index contributed by atoms with van der Waals surface area (Å²) in [6.45, 7) is 0.515. The fourth-order valence-corrected chi connectivity index (χ4v) is 1.61. The molecule has 0 aromatic heterocycles. The lowest BCUT2D eigenvalue weighted by atomic mass is 10.2. The zero-order valence-corrected chi connectivity index (χ0v) is 10.5. The van der Waals surface area contributed by atoms with E-state index in [-0.39, 0.29) is 0 Å². The van der Waals surface area contributed by atoms with Crippen LogP contribution < -0.4 is 10.6 Å². The van der Waals surface area contributed by atoms with Crippen LogP contribution in [0.25, 0.3) is 0 Å². The number of hydrogen-bond acceptors (Lipinski definition) is 3. The molecule has 0 amide bonds. The Kier molecular flexibility index (Phi) is 4.20. The van der Waals surface area contributed by atoms with Crippen molar-refractivity contribution in [1.29, 1.82) is 0 Å². The molecule has 18 heavy (non-hydrogen) atoms. The summed E-state index contributed by atoms with van der Waals surface area (Å²) in [4.78, 5) is 0. The quantitative estimate of drug-likeness (QED) is 0.521. The van der Waals surface area contributed by atoms with Gasteiger partial charge in [-0.3, -0.25) is 0 Å². The first-order valence-corrected chi connectivity index (χ1v) is 5.86. The summed E-state index contributed by atoms with van der Waals surface area (Å²) >= 11 is 5.81. The van der Waals surface area contributed by atoms with Crippen molar-refractivity contribution < 1.29 is 4.74 Å². The van der Waals surface area contributed by atoms with E-state index in [1.807, 2.05) is 48.5 Å². The third-order valence-electron chi connectivity index (χ3n) is 2.42. The van der Waals surface area contributed by atoms with E-state index in [0.717, 1.165) is 21.9 Å². The normalized spacial score (nSPS) is 10.7. The highest BCUT2D eigenvalue weighted by molar-refractivity contribution is 6.30. The van der Waals surface area contributed by atoms with Gasteiger partial charge in [0.25, 0.3) is 0 Å². The molecule has 3 nitrogen and oxygen atoms in total. The zero-order chi connectivity index (χ0) is 12.8. The fraction of sp³-hybridized carbons (Fsp3) is 0.0714. The van der Waals surface area contributed by atoms with Crippen LogP contribution in [0.4, 0.5) is 0 Å². The van der Waals surface area contributed by atoms with E-state index in [1.54, 1.807) is 6.21 Å². The van der Waals surface area contributed by atoms with Crippen molar-refractivity contribution in [2.45, 2.75) is 6.61 Å². The summed E-state index contributed by atoms with van der Waals surface area (Å²) in [5.74, 6) is 5.88. The highest BCUT2D eigenvalue weighted by atomic mass is 35.5. The van der Waals surface area contributed by atoms with Crippen molar-refractivity contribution in [2.75, 3.05) is 0 Å². The van der Waals surface area contributed by atoms with Gasteiger partial charge >= 0.3 is 0 Å². The Bertz CT molecular complexity index is 520. The first kappa shape index (κ1) is 12.5. The van der Waals surface area contributed by atoms with E-state index in [0.29, 0.717) is 6.61 Å². The summed E-state index contributed by atoms with van der Waals surface area (Å²) in [5.41, 5.74) is 2.02. The van der Waals surface area contributed by atoms with Crippen LogP contribution in [-0.4, -0.2) is 6.21 Å². The van der Waals surface area contributed by atoms with E-state index in [2.05, 4.69) is 5.10 Å². The number of halogens is 1. The summed E-state index contributed by atoms with van der Waals surface area (Å²) in [5, 5.41) is 4.19. The van der Waals surface area contributed by atoms with Crippen molar-refractivity contribution in [3.8, 4) is 5.75 Å². The van der Waals surface area contributed by atoms with E-state index < -0.39 is 0 Å². The third-order valence-corrected chi connectivity index (χ3v) is 2.67. The van der Waals surface area contributed by atoms with Gasteiger partial charge in [-0.1, -0.05) is 23.7 Å². The maximum absolute atomic E-state index is 5.81. The Balaban J connectivity index is 1.95. The van der Waals surface area contributed by atoms with Gasteiger partial charge < -0.3 is 10.6 Å². The Hall–Kier alpha value is -2.00. The molecule has 0 saturated carbocycles. The van der Waals surface area contributed by atoms with Crippen molar-refractivity contribution in [3.63, 3.8) is 0 Å². The van der Waals surface area contributed by atoms with Gasteiger partial charge in [0.1, 0.15) is 12.4 Å². The topological polar surface area (TPSA) is 47.6 Å². The van der Waals surface area contributed by atoms with Crippen molar-refractivity contribution >= 4 is 17.8 Å². The molecule has 0 aliphatic rings. The highest BCUT2D eigenvalue weighted by Crippen LogP contribution is 2.15. The van der Waals surface area contributed by atoms with Gasteiger partial charge in [0.05, 0.1) is 6.21 Å². The second kappa shape index (κ2) is 6.07. The molecule has 0 fully saturated rings. The molecule has 2 rings (SSSR count). The van der Waals surface area contributed by atoms with Gasteiger partial charge in [-0.15, -0.1) is 0 Å². The molecule has 2 N–H and O–H groups in total. The minimum absolute atomic E-state index is 0.515. The standard InChI is InChI=1S/C14H13ClN2O/c15-13-5-1-12(2-6-13)10-18-14-7-3-11(4-8-14)9-17-16/h1-9H,10,16H2/b17-9-. The van der Waals surface area contributed by atoms with E-state index >= 15 is 0 Å². The molecular weight excluding hydrogens is 248 g/mol. The number of hydrazone groups is 1. The molecule has 92 valence electrons. The lowest BCUT2D eigenvalue weighted by molar-refractivity contribution is 0.306. The van der Waals surface area contributed by atoms with Crippen molar-refractivity contribution in [1.82, 2.24) is 0 Å². The van der Waals surface area contributed by atoms with E-state index in [1.165, 1.54) is 0 Å². The minimum atomic E-state index is 0.515. The average Bonchev–Trinajstić information content (AvgIpc) is 2.40. The van der Waals surface area contributed by atoms with Crippen LogP contribution in [0.3, 0.4) is 0 Å². The summed E-state index contributed by atoms with van der Waals surface area (Å²) < 4.78 is 5.65. The molecule has 0 radical (unpaired) electrons. The van der Waals surface area contributed by atoms with Gasteiger partial charge in [-0.05, 0) is 47.5 Å².